The highest BCUT2D eigenvalue weighted by Gasteiger charge is 2.26. The number of ether oxygens (including phenoxy) is 2. The van der Waals surface area contributed by atoms with E-state index in [9.17, 15) is 19.2 Å². The molecule has 0 saturated carbocycles. The first kappa shape index (κ1) is 26.9. The number of aromatic amines is 1. The Morgan fingerprint density at radius 3 is 2.45 bits per heavy atom. The van der Waals surface area contributed by atoms with Crippen molar-refractivity contribution in [2.24, 2.45) is 0 Å². The molecule has 3 aromatic rings. The van der Waals surface area contributed by atoms with Gasteiger partial charge in [0.05, 0.1) is 5.69 Å². The Hall–Kier alpha value is -4.18. The molecule has 1 aromatic heterocycles. The first-order chi connectivity index (χ1) is 18.0. The number of rotatable bonds is 6. The third kappa shape index (κ3) is 6.38. The highest BCUT2D eigenvalue weighted by Crippen LogP contribution is 2.22. The monoisotopic (exact) mass is 520 g/mol. The average molecular weight is 521 g/mol. The maximum Gasteiger partial charge on any atom is 0.408 e. The Morgan fingerprint density at radius 2 is 1.74 bits per heavy atom. The maximum atomic E-state index is 13.5. The van der Waals surface area contributed by atoms with E-state index >= 15 is 0 Å². The van der Waals surface area contributed by atoms with Crippen molar-refractivity contribution >= 4 is 12.1 Å². The second-order valence-electron chi connectivity index (χ2n) is 10.2. The van der Waals surface area contributed by atoms with Crippen LogP contribution in [0.3, 0.4) is 0 Å². The number of fused-ring (bicyclic) bond motifs is 1. The fourth-order valence-corrected chi connectivity index (χ4v) is 4.25. The topological polar surface area (TPSA) is 123 Å². The molecule has 4 rings (SSSR count). The highest BCUT2D eigenvalue weighted by molar-refractivity contribution is 5.83. The van der Waals surface area contributed by atoms with Gasteiger partial charge in [0.1, 0.15) is 11.6 Å². The number of H-pyrrole nitrogens is 1. The van der Waals surface area contributed by atoms with Gasteiger partial charge in [-0.3, -0.25) is 9.69 Å². The molecule has 0 bridgehead atoms. The van der Waals surface area contributed by atoms with E-state index in [1.165, 1.54) is 19.1 Å². The van der Waals surface area contributed by atoms with Crippen molar-refractivity contribution in [3.8, 4) is 11.4 Å². The van der Waals surface area contributed by atoms with Gasteiger partial charge in [0.2, 0.25) is 0 Å². The molecule has 38 heavy (non-hydrogen) atoms. The number of para-hydroxylation sites is 2. The van der Waals surface area contributed by atoms with E-state index in [-0.39, 0.29) is 11.4 Å². The molecular formula is C28H32N4O6. The van der Waals surface area contributed by atoms with Crippen molar-refractivity contribution in [1.82, 2.24) is 19.8 Å². The molecule has 2 aromatic carbocycles. The summed E-state index contributed by atoms with van der Waals surface area (Å²) in [7, 11) is 0. The van der Waals surface area contributed by atoms with Gasteiger partial charge in [-0.1, -0.05) is 42.5 Å². The molecule has 2 heterocycles. The van der Waals surface area contributed by atoms with Crippen LogP contribution in [0.25, 0.3) is 5.69 Å². The minimum absolute atomic E-state index is 0.0180. The Labute approximate surface area is 220 Å². The molecule has 10 heteroatoms. The molecule has 0 aliphatic carbocycles. The fraction of sp³-hybridized carbons (Fsp3) is 0.357. The Morgan fingerprint density at radius 1 is 1.05 bits per heavy atom. The summed E-state index contributed by atoms with van der Waals surface area (Å²) >= 11 is 0. The molecule has 1 aliphatic heterocycles. The van der Waals surface area contributed by atoms with Crippen molar-refractivity contribution in [2.45, 2.75) is 58.8 Å². The van der Waals surface area contributed by atoms with Gasteiger partial charge in [0.15, 0.2) is 5.75 Å². The molecular weight excluding hydrogens is 488 g/mol. The number of amides is 1. The lowest BCUT2D eigenvalue weighted by atomic mass is 10.1. The summed E-state index contributed by atoms with van der Waals surface area (Å²) in [4.78, 5) is 56.3. The van der Waals surface area contributed by atoms with Crippen LogP contribution >= 0.6 is 0 Å². The number of hydrogen-bond acceptors (Lipinski definition) is 7. The average Bonchev–Trinajstić information content (AvgIpc) is 2.84. The van der Waals surface area contributed by atoms with Gasteiger partial charge in [-0.05, 0) is 51.8 Å². The van der Waals surface area contributed by atoms with Crippen LogP contribution in [0.4, 0.5) is 4.79 Å². The maximum absolute atomic E-state index is 13.5. The molecule has 0 saturated heterocycles. The predicted octanol–water partition coefficient (Wildman–Crippen LogP) is 2.90. The molecule has 10 nitrogen and oxygen atoms in total. The van der Waals surface area contributed by atoms with Crippen molar-refractivity contribution in [2.75, 3.05) is 6.54 Å². The molecule has 1 unspecified atom stereocenters. The molecule has 0 radical (unpaired) electrons. The minimum Gasteiger partial charge on any atom is -0.444 e. The number of carbonyl (C=O) groups excluding carboxylic acids is 2. The highest BCUT2D eigenvalue weighted by atomic mass is 16.6. The lowest BCUT2D eigenvalue weighted by molar-refractivity contribution is -0.136. The zero-order valence-electron chi connectivity index (χ0n) is 21.9. The summed E-state index contributed by atoms with van der Waals surface area (Å²) in [6.45, 7) is 8.39. The second-order valence-corrected chi connectivity index (χ2v) is 10.2. The van der Waals surface area contributed by atoms with Crippen LogP contribution in [0.2, 0.25) is 0 Å². The predicted molar refractivity (Wildman–Crippen MR) is 141 cm³/mol. The molecule has 200 valence electrons. The quantitative estimate of drug-likeness (QED) is 0.378. The number of carbonyl (C=O) groups is 2. The van der Waals surface area contributed by atoms with Gasteiger partial charge in [-0.15, -0.1) is 0 Å². The van der Waals surface area contributed by atoms with E-state index in [4.69, 9.17) is 9.47 Å². The fourth-order valence-electron chi connectivity index (χ4n) is 4.25. The number of nitrogens with one attached hydrogen (secondary N) is 2. The van der Waals surface area contributed by atoms with Crippen LogP contribution in [-0.4, -0.2) is 44.7 Å². The summed E-state index contributed by atoms with van der Waals surface area (Å²) < 4.78 is 11.7. The second kappa shape index (κ2) is 11.1. The summed E-state index contributed by atoms with van der Waals surface area (Å²) in [6.07, 6.45) is -0.296. The summed E-state index contributed by atoms with van der Waals surface area (Å²) in [5.41, 5.74) is 0.584. The summed E-state index contributed by atoms with van der Waals surface area (Å²) in [5, 5.41) is 2.42. The van der Waals surface area contributed by atoms with Gasteiger partial charge in [0, 0.05) is 30.9 Å². The van der Waals surface area contributed by atoms with Gasteiger partial charge in [-0.2, -0.15) is 0 Å². The summed E-state index contributed by atoms with van der Waals surface area (Å²) in [5.74, 6) is -0.758. The zero-order chi connectivity index (χ0) is 27.4. The number of nitrogens with zero attached hydrogens (tertiary/aromatic N) is 2. The van der Waals surface area contributed by atoms with Crippen LogP contribution < -0.4 is 21.3 Å². The molecule has 1 amide bonds. The SMILES string of the molecule is CC(NC(=O)OC(C)(C)C)C(=O)Oc1ccccc1-n1c(=O)[nH]c2c(c1=O)CCN(Cc1ccccc1)C2. The molecule has 2 N–H and O–H groups in total. The number of hydrogen-bond donors (Lipinski definition) is 2. The van der Waals surface area contributed by atoms with Crippen LogP contribution in [0.1, 0.15) is 44.5 Å². The Bertz CT molecular complexity index is 1440. The lowest BCUT2D eigenvalue weighted by Crippen LogP contribution is -2.44. The Balaban J connectivity index is 1.55. The number of benzene rings is 2. The molecule has 0 spiro atoms. The first-order valence-electron chi connectivity index (χ1n) is 12.5. The smallest absolute Gasteiger partial charge is 0.408 e. The van der Waals surface area contributed by atoms with Crippen LogP contribution in [0, 0.1) is 0 Å². The van der Waals surface area contributed by atoms with Crippen molar-refractivity contribution in [1.29, 1.82) is 0 Å². The standard InChI is InChI=1S/C28H32N4O6/c1-18(29-27(36)38-28(2,3)4)25(34)37-23-13-9-8-12-22(23)32-24(33)20-14-15-31(17-21(20)30-26(32)35)16-19-10-6-5-7-11-19/h5-13,18H,14-17H2,1-4H3,(H,29,36)(H,30,35). The summed E-state index contributed by atoms with van der Waals surface area (Å²) in [6, 6.07) is 15.2. The van der Waals surface area contributed by atoms with E-state index in [2.05, 4.69) is 15.2 Å². The van der Waals surface area contributed by atoms with E-state index in [0.717, 1.165) is 10.1 Å². The van der Waals surface area contributed by atoms with Crippen molar-refractivity contribution in [3.63, 3.8) is 0 Å². The Kier molecular flexibility index (Phi) is 7.82. The van der Waals surface area contributed by atoms with E-state index in [1.807, 2.05) is 30.3 Å². The lowest BCUT2D eigenvalue weighted by Gasteiger charge is -2.28. The number of esters is 1. The first-order valence-corrected chi connectivity index (χ1v) is 12.5. The molecule has 1 atom stereocenters. The van der Waals surface area contributed by atoms with Gasteiger partial charge in [-0.25, -0.2) is 19.0 Å². The zero-order valence-corrected chi connectivity index (χ0v) is 21.9. The van der Waals surface area contributed by atoms with Crippen LogP contribution in [0.5, 0.6) is 5.75 Å². The number of alkyl carbamates (subject to hydrolysis) is 1. The van der Waals surface area contributed by atoms with Gasteiger partial charge in [0.25, 0.3) is 5.56 Å². The van der Waals surface area contributed by atoms with Crippen molar-refractivity contribution in [3.05, 3.63) is 92.3 Å². The molecule has 1 aliphatic rings. The number of aromatic nitrogens is 2. The molecule has 0 fully saturated rings. The van der Waals surface area contributed by atoms with Gasteiger partial charge < -0.3 is 19.8 Å². The van der Waals surface area contributed by atoms with Crippen LogP contribution in [0.15, 0.2) is 64.2 Å². The third-order valence-corrected chi connectivity index (χ3v) is 6.00. The largest absolute Gasteiger partial charge is 0.444 e. The van der Waals surface area contributed by atoms with E-state index in [1.54, 1.807) is 32.9 Å². The van der Waals surface area contributed by atoms with Crippen molar-refractivity contribution < 1.29 is 19.1 Å². The minimum atomic E-state index is -1.04. The third-order valence-electron chi connectivity index (χ3n) is 6.00. The normalized spacial score (nSPS) is 14.3. The van der Waals surface area contributed by atoms with Gasteiger partial charge >= 0.3 is 17.8 Å². The van der Waals surface area contributed by atoms with Crippen LogP contribution in [-0.2, 0) is 29.0 Å². The van der Waals surface area contributed by atoms with E-state index in [0.29, 0.717) is 37.3 Å². The van der Waals surface area contributed by atoms with E-state index < -0.39 is 35.0 Å².